The molecule has 2 aromatic rings. The van der Waals surface area contributed by atoms with Gasteiger partial charge in [0.1, 0.15) is 18.1 Å². The number of hydrogen-bond donors (Lipinski definition) is 0. The van der Waals surface area contributed by atoms with E-state index in [4.69, 9.17) is 9.47 Å². The van der Waals surface area contributed by atoms with Crippen LogP contribution in [-0.4, -0.2) is 62.1 Å². The number of benzene rings is 1. The quantitative estimate of drug-likeness (QED) is 0.775. The summed E-state index contributed by atoms with van der Waals surface area (Å²) in [5.41, 5.74) is 3.46. The number of carbonyl (C=O) groups is 1. The van der Waals surface area contributed by atoms with Crippen LogP contribution in [0.5, 0.6) is 11.5 Å². The number of fused-ring (bicyclic) bond motifs is 1. The van der Waals surface area contributed by atoms with E-state index < -0.39 is 0 Å². The van der Waals surface area contributed by atoms with E-state index in [1.54, 1.807) is 18.4 Å². The Bertz CT molecular complexity index is 847. The number of amides is 1. The van der Waals surface area contributed by atoms with Gasteiger partial charge < -0.3 is 14.4 Å². The minimum Gasteiger partial charge on any atom is -0.497 e. The van der Waals surface area contributed by atoms with Gasteiger partial charge in [-0.2, -0.15) is 11.3 Å². The maximum atomic E-state index is 12.6. The Kier molecular flexibility index (Phi) is 5.98. The molecule has 2 aliphatic heterocycles. The summed E-state index contributed by atoms with van der Waals surface area (Å²) in [6.07, 6.45) is 3.74. The Morgan fingerprint density at radius 1 is 1.21 bits per heavy atom. The molecule has 1 amide bonds. The van der Waals surface area contributed by atoms with Crippen LogP contribution in [0.15, 0.2) is 40.6 Å². The average molecular weight is 399 g/mol. The van der Waals surface area contributed by atoms with Gasteiger partial charge in [-0.05, 0) is 58.7 Å². The molecule has 1 saturated heterocycles. The van der Waals surface area contributed by atoms with Crippen molar-refractivity contribution in [2.75, 3.05) is 46.4 Å². The first-order valence-electron chi connectivity index (χ1n) is 9.73. The van der Waals surface area contributed by atoms with Crippen molar-refractivity contribution in [1.29, 1.82) is 0 Å². The highest BCUT2D eigenvalue weighted by molar-refractivity contribution is 7.08. The van der Waals surface area contributed by atoms with Crippen molar-refractivity contribution >= 4 is 23.3 Å². The Morgan fingerprint density at radius 3 is 2.96 bits per heavy atom. The summed E-state index contributed by atoms with van der Waals surface area (Å²) in [4.78, 5) is 17.0. The maximum absolute atomic E-state index is 12.6. The third-order valence-electron chi connectivity index (χ3n) is 5.29. The molecule has 1 aromatic carbocycles. The number of rotatable bonds is 5. The fraction of sp³-hybridized carbons (Fsp3) is 0.409. The smallest absolute Gasteiger partial charge is 0.227 e. The normalized spacial score (nSPS) is 17.3. The van der Waals surface area contributed by atoms with Gasteiger partial charge >= 0.3 is 0 Å². The largest absolute Gasteiger partial charge is 0.497 e. The van der Waals surface area contributed by atoms with Crippen LogP contribution in [-0.2, 0) is 11.2 Å². The van der Waals surface area contributed by atoms with E-state index >= 15 is 0 Å². The summed E-state index contributed by atoms with van der Waals surface area (Å²) in [7, 11) is 1.68. The summed E-state index contributed by atoms with van der Waals surface area (Å²) in [6.45, 7) is 5.04. The molecule has 0 bridgehead atoms. The van der Waals surface area contributed by atoms with E-state index in [2.05, 4.69) is 16.4 Å². The van der Waals surface area contributed by atoms with Crippen LogP contribution in [0.25, 0.3) is 6.08 Å². The van der Waals surface area contributed by atoms with Gasteiger partial charge in [0.15, 0.2) is 0 Å². The second-order valence-corrected chi connectivity index (χ2v) is 8.09. The number of ether oxygens (including phenoxy) is 2. The predicted octanol–water partition coefficient (Wildman–Crippen LogP) is 3.31. The van der Waals surface area contributed by atoms with Crippen molar-refractivity contribution in [2.45, 2.75) is 12.8 Å². The van der Waals surface area contributed by atoms with Gasteiger partial charge in [-0.3, -0.25) is 9.69 Å². The van der Waals surface area contributed by atoms with Crippen LogP contribution in [0.1, 0.15) is 17.5 Å². The van der Waals surface area contributed by atoms with Gasteiger partial charge in [-0.1, -0.05) is 0 Å². The van der Waals surface area contributed by atoms with Crippen molar-refractivity contribution in [1.82, 2.24) is 9.80 Å². The minimum atomic E-state index is 0.237. The molecule has 1 aromatic heterocycles. The molecule has 0 atom stereocenters. The molecule has 0 saturated carbocycles. The molecule has 5 nitrogen and oxygen atoms in total. The zero-order valence-electron chi connectivity index (χ0n) is 16.2. The van der Waals surface area contributed by atoms with Crippen molar-refractivity contribution in [3.05, 3.63) is 51.7 Å². The number of hydrogen-bond acceptors (Lipinski definition) is 5. The second kappa shape index (κ2) is 8.80. The molecule has 28 heavy (non-hydrogen) atoms. The van der Waals surface area contributed by atoms with Crippen LogP contribution in [0.4, 0.5) is 0 Å². The third-order valence-corrected chi connectivity index (χ3v) is 6.03. The molecule has 3 heterocycles. The first-order chi connectivity index (χ1) is 13.7. The Balaban J connectivity index is 1.34. The lowest BCUT2D eigenvalue weighted by molar-refractivity contribution is -0.130. The van der Waals surface area contributed by atoms with Gasteiger partial charge in [0, 0.05) is 38.3 Å². The fourth-order valence-electron chi connectivity index (χ4n) is 3.77. The highest BCUT2D eigenvalue weighted by Crippen LogP contribution is 2.30. The summed E-state index contributed by atoms with van der Waals surface area (Å²) in [5, 5.41) is 4.09. The molecular weight excluding hydrogens is 372 g/mol. The van der Waals surface area contributed by atoms with E-state index in [1.165, 1.54) is 5.57 Å². The monoisotopic (exact) mass is 398 g/mol. The number of thiophene rings is 1. The Hall–Kier alpha value is -2.31. The summed E-state index contributed by atoms with van der Waals surface area (Å²) >= 11 is 1.64. The van der Waals surface area contributed by atoms with Crippen LogP contribution in [0.2, 0.25) is 0 Å². The number of carbonyl (C=O) groups excluding carboxylic acids is 1. The lowest BCUT2D eigenvalue weighted by atomic mass is 10.1. The van der Waals surface area contributed by atoms with Crippen LogP contribution in [0.3, 0.4) is 0 Å². The molecule has 0 N–H and O–H groups in total. The van der Waals surface area contributed by atoms with Crippen molar-refractivity contribution in [3.8, 4) is 11.5 Å². The van der Waals surface area contributed by atoms with Crippen LogP contribution < -0.4 is 9.47 Å². The molecule has 6 heteroatoms. The van der Waals surface area contributed by atoms with E-state index in [1.807, 2.05) is 34.5 Å². The molecule has 148 valence electrons. The minimum absolute atomic E-state index is 0.237. The Morgan fingerprint density at radius 2 is 2.14 bits per heavy atom. The zero-order valence-corrected chi connectivity index (χ0v) is 17.0. The highest BCUT2D eigenvalue weighted by Gasteiger charge is 2.21. The molecule has 0 spiro atoms. The maximum Gasteiger partial charge on any atom is 0.227 e. The summed E-state index contributed by atoms with van der Waals surface area (Å²) in [6, 6.07) is 7.94. The van der Waals surface area contributed by atoms with Crippen LogP contribution >= 0.6 is 11.3 Å². The van der Waals surface area contributed by atoms with Gasteiger partial charge in [-0.25, -0.2) is 0 Å². The van der Waals surface area contributed by atoms with Crippen molar-refractivity contribution in [3.63, 3.8) is 0 Å². The van der Waals surface area contributed by atoms with E-state index in [0.29, 0.717) is 13.0 Å². The number of nitrogens with zero attached hydrogens (tertiary/aromatic N) is 2. The molecule has 1 fully saturated rings. The second-order valence-electron chi connectivity index (χ2n) is 7.31. The molecule has 0 unspecified atom stereocenters. The predicted molar refractivity (Wildman–Crippen MR) is 112 cm³/mol. The average Bonchev–Trinajstić information content (AvgIpc) is 3.11. The standard InChI is InChI=1S/C22H26N2O3S/c1-26-20-3-4-21-19(13-20)11-18(15-27-21)14-23-6-2-7-24(9-8-23)22(25)12-17-5-10-28-16-17/h3-5,10-11,13,16H,2,6-9,12,14-15H2,1H3. The molecule has 2 aliphatic rings. The van der Waals surface area contributed by atoms with E-state index in [9.17, 15) is 4.79 Å². The lowest BCUT2D eigenvalue weighted by Crippen LogP contribution is -2.36. The molecule has 0 aliphatic carbocycles. The van der Waals surface area contributed by atoms with Crippen molar-refractivity contribution in [2.24, 2.45) is 0 Å². The van der Waals surface area contributed by atoms with Gasteiger partial charge in [0.05, 0.1) is 13.5 Å². The van der Waals surface area contributed by atoms with E-state index in [0.717, 1.165) is 61.8 Å². The first-order valence-corrected chi connectivity index (χ1v) is 10.7. The molecule has 0 radical (unpaired) electrons. The van der Waals surface area contributed by atoms with Gasteiger partial charge in [-0.15, -0.1) is 0 Å². The molecule has 4 rings (SSSR count). The van der Waals surface area contributed by atoms with Gasteiger partial charge in [0.25, 0.3) is 0 Å². The van der Waals surface area contributed by atoms with Crippen LogP contribution in [0, 0.1) is 0 Å². The Labute approximate surface area is 170 Å². The zero-order chi connectivity index (χ0) is 19.3. The molecular formula is C22H26N2O3S. The lowest BCUT2D eigenvalue weighted by Gasteiger charge is -2.25. The fourth-order valence-corrected chi connectivity index (χ4v) is 4.43. The highest BCUT2D eigenvalue weighted by atomic mass is 32.1. The summed E-state index contributed by atoms with van der Waals surface area (Å²) < 4.78 is 11.2. The first kappa shape index (κ1) is 19.0. The SMILES string of the molecule is COc1ccc2c(c1)C=C(CN1CCCN(C(=O)Cc3ccsc3)CC1)CO2. The van der Waals surface area contributed by atoms with E-state index in [-0.39, 0.29) is 5.91 Å². The third kappa shape index (κ3) is 4.56. The number of methoxy groups -OCH3 is 1. The van der Waals surface area contributed by atoms with Gasteiger partial charge in [0.2, 0.25) is 5.91 Å². The topological polar surface area (TPSA) is 42.0 Å². The summed E-state index contributed by atoms with van der Waals surface area (Å²) in [5.74, 6) is 1.99. The van der Waals surface area contributed by atoms with Crippen molar-refractivity contribution < 1.29 is 14.3 Å².